The Bertz CT molecular complexity index is 492. The van der Waals surface area contributed by atoms with Crippen LogP contribution in [0.4, 0.5) is 0 Å². The Morgan fingerprint density at radius 1 is 1.41 bits per heavy atom. The highest BCUT2D eigenvalue weighted by atomic mass is 16.5. The molecule has 0 aliphatic carbocycles. The highest BCUT2D eigenvalue weighted by Gasteiger charge is 2.03. The fourth-order valence-electron chi connectivity index (χ4n) is 1.53. The van der Waals surface area contributed by atoms with Crippen molar-refractivity contribution >= 4 is 0 Å². The number of aromatic nitrogens is 1. The fourth-order valence-corrected chi connectivity index (χ4v) is 1.53. The minimum atomic E-state index is 0.00726. The normalized spacial score (nSPS) is 12.4. The van der Waals surface area contributed by atoms with Gasteiger partial charge in [-0.2, -0.15) is 0 Å². The molecular weight excluding hydrogens is 216 g/mol. The van der Waals surface area contributed by atoms with Gasteiger partial charge >= 0.3 is 0 Å². The standard InChI is InChI=1S/C13H16N2O2/c1-9-6-12(15-17-9)8-16-13-5-3-4-11(7-13)10(2)14/h3-7,10H,8,14H2,1-2H3/t10-/m1/s1. The van der Waals surface area contributed by atoms with Crippen molar-refractivity contribution in [3.05, 3.63) is 47.3 Å². The molecule has 0 spiro atoms. The van der Waals surface area contributed by atoms with E-state index in [-0.39, 0.29) is 6.04 Å². The van der Waals surface area contributed by atoms with Crippen LogP contribution in [0, 0.1) is 6.92 Å². The quantitative estimate of drug-likeness (QED) is 0.880. The lowest BCUT2D eigenvalue weighted by molar-refractivity contribution is 0.287. The number of rotatable bonds is 4. The zero-order chi connectivity index (χ0) is 12.3. The smallest absolute Gasteiger partial charge is 0.134 e. The van der Waals surface area contributed by atoms with Gasteiger partial charge in [-0.25, -0.2) is 0 Å². The lowest BCUT2D eigenvalue weighted by Gasteiger charge is -2.08. The topological polar surface area (TPSA) is 61.3 Å². The minimum Gasteiger partial charge on any atom is -0.487 e. The summed E-state index contributed by atoms with van der Waals surface area (Å²) in [6, 6.07) is 9.62. The van der Waals surface area contributed by atoms with E-state index in [0.29, 0.717) is 6.61 Å². The van der Waals surface area contributed by atoms with E-state index in [4.69, 9.17) is 15.0 Å². The molecular formula is C13H16N2O2. The van der Waals surface area contributed by atoms with Crippen molar-refractivity contribution in [3.63, 3.8) is 0 Å². The molecule has 4 heteroatoms. The van der Waals surface area contributed by atoms with Crippen LogP contribution in [0.5, 0.6) is 5.75 Å². The van der Waals surface area contributed by atoms with Crippen LogP contribution >= 0.6 is 0 Å². The zero-order valence-electron chi connectivity index (χ0n) is 10.0. The third-order valence-electron chi connectivity index (χ3n) is 2.45. The van der Waals surface area contributed by atoms with E-state index in [1.54, 1.807) is 0 Å². The Kier molecular flexibility index (Phi) is 3.44. The van der Waals surface area contributed by atoms with Crippen molar-refractivity contribution in [1.82, 2.24) is 5.16 Å². The van der Waals surface area contributed by atoms with Crippen LogP contribution in [0.3, 0.4) is 0 Å². The molecule has 0 fully saturated rings. The number of hydrogen-bond donors (Lipinski definition) is 1. The maximum atomic E-state index is 5.81. The van der Waals surface area contributed by atoms with Crippen LogP contribution < -0.4 is 10.5 Å². The molecule has 2 N–H and O–H groups in total. The van der Waals surface area contributed by atoms with Crippen LogP contribution in [0.25, 0.3) is 0 Å². The maximum Gasteiger partial charge on any atom is 0.134 e. The molecule has 4 nitrogen and oxygen atoms in total. The number of hydrogen-bond acceptors (Lipinski definition) is 4. The van der Waals surface area contributed by atoms with Gasteiger partial charge < -0.3 is 15.0 Å². The molecule has 0 radical (unpaired) electrons. The molecule has 2 aromatic rings. The molecule has 17 heavy (non-hydrogen) atoms. The summed E-state index contributed by atoms with van der Waals surface area (Å²) in [6.07, 6.45) is 0. The first kappa shape index (κ1) is 11.7. The van der Waals surface area contributed by atoms with Crippen LogP contribution in [-0.2, 0) is 6.61 Å². The average molecular weight is 232 g/mol. The van der Waals surface area contributed by atoms with Crippen molar-refractivity contribution in [3.8, 4) is 5.75 Å². The zero-order valence-corrected chi connectivity index (χ0v) is 10.0. The molecule has 0 amide bonds. The van der Waals surface area contributed by atoms with Gasteiger partial charge in [-0.05, 0) is 31.5 Å². The highest BCUT2D eigenvalue weighted by Crippen LogP contribution is 2.18. The first-order chi connectivity index (χ1) is 8.15. The first-order valence-electron chi connectivity index (χ1n) is 5.55. The Morgan fingerprint density at radius 2 is 2.24 bits per heavy atom. The molecule has 0 aliphatic rings. The van der Waals surface area contributed by atoms with Crippen LogP contribution in [-0.4, -0.2) is 5.16 Å². The van der Waals surface area contributed by atoms with Gasteiger partial charge in [0.15, 0.2) is 0 Å². The molecule has 0 unspecified atom stereocenters. The van der Waals surface area contributed by atoms with Gasteiger partial charge in [0.25, 0.3) is 0 Å². The van der Waals surface area contributed by atoms with Gasteiger partial charge in [0.2, 0.25) is 0 Å². The molecule has 0 saturated carbocycles. The summed E-state index contributed by atoms with van der Waals surface area (Å²) in [4.78, 5) is 0. The Labute approximate surface area is 100 Å². The molecule has 1 aromatic heterocycles. The lowest BCUT2D eigenvalue weighted by Crippen LogP contribution is -2.05. The van der Waals surface area contributed by atoms with Gasteiger partial charge in [-0.3, -0.25) is 0 Å². The molecule has 1 atom stereocenters. The summed E-state index contributed by atoms with van der Waals surface area (Å²) < 4.78 is 10.6. The van der Waals surface area contributed by atoms with E-state index >= 15 is 0 Å². The maximum absolute atomic E-state index is 5.81. The number of nitrogens with two attached hydrogens (primary N) is 1. The molecule has 0 bridgehead atoms. The van der Waals surface area contributed by atoms with E-state index < -0.39 is 0 Å². The second-order valence-electron chi connectivity index (χ2n) is 4.08. The van der Waals surface area contributed by atoms with Crippen molar-refractivity contribution in [2.24, 2.45) is 5.73 Å². The molecule has 90 valence electrons. The Morgan fingerprint density at radius 3 is 2.88 bits per heavy atom. The number of nitrogens with zero attached hydrogens (tertiary/aromatic N) is 1. The number of benzene rings is 1. The fraction of sp³-hybridized carbons (Fsp3) is 0.308. The summed E-state index contributed by atoms with van der Waals surface area (Å²) >= 11 is 0. The predicted molar refractivity (Wildman–Crippen MR) is 64.6 cm³/mol. The van der Waals surface area contributed by atoms with Crippen molar-refractivity contribution < 1.29 is 9.26 Å². The summed E-state index contributed by atoms with van der Waals surface area (Å²) in [5, 5.41) is 3.86. The summed E-state index contributed by atoms with van der Waals surface area (Å²) in [7, 11) is 0. The van der Waals surface area contributed by atoms with Crippen molar-refractivity contribution in [2.45, 2.75) is 26.5 Å². The van der Waals surface area contributed by atoms with E-state index in [1.807, 2.05) is 44.2 Å². The SMILES string of the molecule is Cc1cc(COc2cccc([C@@H](C)N)c2)no1. The van der Waals surface area contributed by atoms with Gasteiger partial charge in [0, 0.05) is 12.1 Å². The third-order valence-corrected chi connectivity index (χ3v) is 2.45. The van der Waals surface area contributed by atoms with E-state index in [0.717, 1.165) is 22.8 Å². The molecule has 0 saturated heterocycles. The minimum absolute atomic E-state index is 0.00726. The lowest BCUT2D eigenvalue weighted by atomic mass is 10.1. The summed E-state index contributed by atoms with van der Waals surface area (Å²) in [5.41, 5.74) is 7.65. The summed E-state index contributed by atoms with van der Waals surface area (Å²) in [5.74, 6) is 1.58. The average Bonchev–Trinajstić information content (AvgIpc) is 2.73. The molecule has 0 aliphatic heterocycles. The van der Waals surface area contributed by atoms with E-state index in [1.165, 1.54) is 0 Å². The van der Waals surface area contributed by atoms with E-state index in [2.05, 4.69) is 5.16 Å². The van der Waals surface area contributed by atoms with Crippen LogP contribution in [0.1, 0.15) is 30.0 Å². The summed E-state index contributed by atoms with van der Waals surface area (Å²) in [6.45, 7) is 4.20. The van der Waals surface area contributed by atoms with Gasteiger partial charge in [-0.1, -0.05) is 17.3 Å². The van der Waals surface area contributed by atoms with Crippen LogP contribution in [0.15, 0.2) is 34.9 Å². The van der Waals surface area contributed by atoms with Crippen molar-refractivity contribution in [1.29, 1.82) is 0 Å². The Hall–Kier alpha value is -1.81. The molecule has 1 aromatic carbocycles. The van der Waals surface area contributed by atoms with E-state index in [9.17, 15) is 0 Å². The molecule has 1 heterocycles. The number of ether oxygens (including phenoxy) is 1. The highest BCUT2D eigenvalue weighted by molar-refractivity contribution is 5.30. The molecule has 2 rings (SSSR count). The monoisotopic (exact) mass is 232 g/mol. The van der Waals surface area contributed by atoms with Gasteiger partial charge in [0.1, 0.15) is 23.8 Å². The largest absolute Gasteiger partial charge is 0.487 e. The second kappa shape index (κ2) is 5.01. The third kappa shape index (κ3) is 3.07. The number of aryl methyl sites for hydroxylation is 1. The predicted octanol–water partition coefficient (Wildman–Crippen LogP) is 2.58. The first-order valence-corrected chi connectivity index (χ1v) is 5.55. The second-order valence-corrected chi connectivity index (χ2v) is 4.08. The van der Waals surface area contributed by atoms with Gasteiger partial charge in [0.05, 0.1) is 0 Å². The van der Waals surface area contributed by atoms with Gasteiger partial charge in [-0.15, -0.1) is 0 Å². The Balaban J connectivity index is 2.01. The van der Waals surface area contributed by atoms with Crippen LogP contribution in [0.2, 0.25) is 0 Å². The van der Waals surface area contributed by atoms with Crippen molar-refractivity contribution in [2.75, 3.05) is 0 Å².